The van der Waals surface area contributed by atoms with Crippen LogP contribution in [0.5, 0.6) is 0 Å². The van der Waals surface area contributed by atoms with Gasteiger partial charge in [-0.15, -0.1) is 0 Å². The highest BCUT2D eigenvalue weighted by molar-refractivity contribution is 6.23. The summed E-state index contributed by atoms with van der Waals surface area (Å²) in [6.07, 6.45) is -4.60. The van der Waals surface area contributed by atoms with Gasteiger partial charge in [0.25, 0.3) is 17.4 Å². The summed E-state index contributed by atoms with van der Waals surface area (Å²) in [7, 11) is 0. The Bertz CT molecular complexity index is 916. The Balaban J connectivity index is 2.27. The van der Waals surface area contributed by atoms with Gasteiger partial charge in [0.15, 0.2) is 0 Å². The third kappa shape index (κ3) is 2.26. The Morgan fingerprint density at radius 2 is 1.74 bits per heavy atom. The minimum absolute atomic E-state index is 0.155. The van der Waals surface area contributed by atoms with E-state index in [2.05, 4.69) is 0 Å². The number of nitrogens with zero attached hydrogens (tertiary/aromatic N) is 1. The molecule has 0 radical (unpaired) electrons. The molecule has 3 rings (SSSR count). The number of aromatic nitrogens is 1. The van der Waals surface area contributed by atoms with Gasteiger partial charge in [0.1, 0.15) is 5.82 Å². The van der Waals surface area contributed by atoms with Crippen molar-refractivity contribution in [1.29, 1.82) is 0 Å². The molecule has 2 aromatic rings. The fourth-order valence-electron chi connectivity index (χ4n) is 2.37. The second kappa shape index (κ2) is 4.70. The van der Waals surface area contributed by atoms with Crippen LogP contribution in [0.1, 0.15) is 26.3 Å². The molecular weight excluding hydrogens is 315 g/mol. The van der Waals surface area contributed by atoms with E-state index in [1.165, 1.54) is 6.07 Å². The van der Waals surface area contributed by atoms with E-state index in [1.54, 1.807) is 0 Å². The SMILES string of the molecule is Nc1c2c(cc(=O)n1-c1cccc(C(F)(F)F)c1)C(=O)NC2=O. The number of hydrogen-bond acceptors (Lipinski definition) is 4. The molecule has 0 fully saturated rings. The number of carbonyl (C=O) groups is 2. The molecule has 0 saturated carbocycles. The summed E-state index contributed by atoms with van der Waals surface area (Å²) >= 11 is 0. The number of rotatable bonds is 1. The number of alkyl halides is 3. The second-order valence-corrected chi connectivity index (χ2v) is 4.82. The van der Waals surface area contributed by atoms with E-state index in [-0.39, 0.29) is 16.8 Å². The lowest BCUT2D eigenvalue weighted by Gasteiger charge is -2.14. The van der Waals surface area contributed by atoms with Crippen LogP contribution in [0.2, 0.25) is 0 Å². The molecule has 1 aromatic heterocycles. The van der Waals surface area contributed by atoms with Gasteiger partial charge < -0.3 is 5.73 Å². The summed E-state index contributed by atoms with van der Waals surface area (Å²) in [6.45, 7) is 0. The van der Waals surface area contributed by atoms with Gasteiger partial charge in [-0.05, 0) is 18.2 Å². The van der Waals surface area contributed by atoms with Crippen molar-refractivity contribution in [2.24, 2.45) is 0 Å². The first-order valence-electron chi connectivity index (χ1n) is 6.29. The quantitative estimate of drug-likeness (QED) is 0.774. The van der Waals surface area contributed by atoms with Gasteiger partial charge in [-0.3, -0.25) is 24.3 Å². The largest absolute Gasteiger partial charge is 0.416 e. The Kier molecular flexibility index (Phi) is 3.03. The molecule has 0 saturated heterocycles. The number of anilines is 1. The smallest absolute Gasteiger partial charge is 0.384 e. The number of nitrogen functional groups attached to an aromatic ring is 1. The maximum absolute atomic E-state index is 12.8. The first-order valence-corrected chi connectivity index (χ1v) is 6.29. The Hall–Kier alpha value is -3.10. The zero-order valence-electron chi connectivity index (χ0n) is 11.3. The molecule has 0 atom stereocenters. The zero-order valence-corrected chi connectivity index (χ0v) is 11.3. The minimum Gasteiger partial charge on any atom is -0.384 e. The van der Waals surface area contributed by atoms with Gasteiger partial charge in [0.2, 0.25) is 0 Å². The van der Waals surface area contributed by atoms with Crippen LogP contribution in [0.25, 0.3) is 5.69 Å². The van der Waals surface area contributed by atoms with Gasteiger partial charge in [-0.1, -0.05) is 6.07 Å². The Morgan fingerprint density at radius 3 is 2.39 bits per heavy atom. The second-order valence-electron chi connectivity index (χ2n) is 4.82. The summed E-state index contributed by atoms with van der Waals surface area (Å²) in [6, 6.07) is 4.80. The van der Waals surface area contributed by atoms with Crippen molar-refractivity contribution in [3.8, 4) is 5.69 Å². The number of hydrogen-bond donors (Lipinski definition) is 2. The molecule has 0 bridgehead atoms. The third-order valence-corrected chi connectivity index (χ3v) is 3.39. The molecule has 0 unspecified atom stereocenters. The first kappa shape index (κ1) is 14.8. The number of pyridine rings is 1. The normalized spacial score (nSPS) is 13.9. The molecule has 3 N–H and O–H groups in total. The molecule has 0 aliphatic carbocycles. The van der Waals surface area contributed by atoms with Crippen LogP contribution in [0.3, 0.4) is 0 Å². The molecular formula is C14H8F3N3O3. The van der Waals surface area contributed by atoms with Crippen molar-refractivity contribution in [2.45, 2.75) is 6.18 Å². The molecule has 9 heteroatoms. The fourth-order valence-corrected chi connectivity index (χ4v) is 2.37. The maximum Gasteiger partial charge on any atom is 0.416 e. The van der Waals surface area contributed by atoms with Crippen LogP contribution >= 0.6 is 0 Å². The first-order chi connectivity index (χ1) is 10.7. The number of imide groups is 1. The number of fused-ring (bicyclic) bond motifs is 1. The van der Waals surface area contributed by atoms with E-state index in [0.29, 0.717) is 0 Å². The highest BCUT2D eigenvalue weighted by atomic mass is 19.4. The van der Waals surface area contributed by atoms with Crippen molar-refractivity contribution in [3.63, 3.8) is 0 Å². The summed E-state index contributed by atoms with van der Waals surface area (Å²) in [5.41, 5.74) is 3.38. The standard InChI is InChI=1S/C14H8F3N3O3/c15-14(16,17)6-2-1-3-7(4-6)20-9(21)5-8-10(11(20)18)13(23)19-12(8)22/h1-5H,18H2,(H,19,22,23). The van der Waals surface area contributed by atoms with Crippen molar-refractivity contribution in [3.05, 3.63) is 57.4 Å². The van der Waals surface area contributed by atoms with Crippen LogP contribution in [-0.2, 0) is 6.18 Å². The molecule has 1 aliphatic heterocycles. The average molecular weight is 323 g/mol. The van der Waals surface area contributed by atoms with Crippen LogP contribution < -0.4 is 16.6 Å². The number of benzene rings is 1. The lowest BCUT2D eigenvalue weighted by Crippen LogP contribution is -2.24. The number of amides is 2. The summed E-state index contributed by atoms with van der Waals surface area (Å²) in [5.74, 6) is -1.97. The molecule has 1 aliphatic rings. The van der Waals surface area contributed by atoms with Crippen molar-refractivity contribution in [1.82, 2.24) is 9.88 Å². The highest BCUT2D eigenvalue weighted by Crippen LogP contribution is 2.31. The lowest BCUT2D eigenvalue weighted by molar-refractivity contribution is -0.137. The van der Waals surface area contributed by atoms with Crippen LogP contribution in [0, 0.1) is 0 Å². The van der Waals surface area contributed by atoms with E-state index in [0.717, 1.165) is 28.8 Å². The van der Waals surface area contributed by atoms with Gasteiger partial charge in [-0.2, -0.15) is 13.2 Å². The molecule has 23 heavy (non-hydrogen) atoms. The average Bonchev–Trinajstić information content (AvgIpc) is 2.73. The lowest BCUT2D eigenvalue weighted by atomic mass is 10.1. The van der Waals surface area contributed by atoms with Gasteiger partial charge in [-0.25, -0.2) is 0 Å². The molecule has 2 amide bonds. The molecule has 2 heterocycles. The monoisotopic (exact) mass is 323 g/mol. The fraction of sp³-hybridized carbons (Fsp3) is 0.0714. The zero-order chi connectivity index (χ0) is 16.9. The van der Waals surface area contributed by atoms with E-state index < -0.39 is 34.9 Å². The number of nitrogens with two attached hydrogens (primary N) is 1. The van der Waals surface area contributed by atoms with Crippen LogP contribution in [-0.4, -0.2) is 16.4 Å². The van der Waals surface area contributed by atoms with E-state index in [1.807, 2.05) is 5.32 Å². The third-order valence-electron chi connectivity index (χ3n) is 3.39. The molecule has 0 spiro atoms. The Morgan fingerprint density at radius 1 is 1.04 bits per heavy atom. The number of nitrogens with one attached hydrogen (secondary N) is 1. The summed E-state index contributed by atoms with van der Waals surface area (Å²) in [4.78, 5) is 35.4. The number of carbonyl (C=O) groups excluding carboxylic acids is 2. The van der Waals surface area contributed by atoms with Gasteiger partial charge >= 0.3 is 6.18 Å². The van der Waals surface area contributed by atoms with Gasteiger partial charge in [0.05, 0.1) is 22.4 Å². The molecule has 1 aromatic carbocycles. The van der Waals surface area contributed by atoms with Crippen LogP contribution in [0.15, 0.2) is 35.1 Å². The van der Waals surface area contributed by atoms with Crippen molar-refractivity contribution >= 4 is 17.6 Å². The topological polar surface area (TPSA) is 94.2 Å². The summed E-state index contributed by atoms with van der Waals surface area (Å²) < 4.78 is 39.1. The Labute approximate surface area is 126 Å². The molecule has 118 valence electrons. The summed E-state index contributed by atoms with van der Waals surface area (Å²) in [5, 5.41) is 1.97. The maximum atomic E-state index is 12.8. The van der Waals surface area contributed by atoms with E-state index >= 15 is 0 Å². The van der Waals surface area contributed by atoms with Crippen molar-refractivity contribution in [2.75, 3.05) is 5.73 Å². The number of halogens is 3. The predicted octanol–water partition coefficient (Wildman–Crippen LogP) is 1.32. The van der Waals surface area contributed by atoms with Crippen molar-refractivity contribution < 1.29 is 22.8 Å². The predicted molar refractivity (Wildman–Crippen MR) is 73.3 cm³/mol. The molecule has 6 nitrogen and oxygen atoms in total. The van der Waals surface area contributed by atoms with E-state index in [9.17, 15) is 27.6 Å². The van der Waals surface area contributed by atoms with E-state index in [4.69, 9.17) is 5.73 Å². The van der Waals surface area contributed by atoms with Gasteiger partial charge in [0, 0.05) is 6.07 Å². The highest BCUT2D eigenvalue weighted by Gasteiger charge is 2.33. The van der Waals surface area contributed by atoms with Crippen LogP contribution in [0.4, 0.5) is 19.0 Å². The minimum atomic E-state index is -4.60.